The number of alkyl halides is 1. The van der Waals surface area contributed by atoms with Gasteiger partial charge in [-0.1, -0.05) is 41.3 Å². The molecular formula is C14H19BrClNO2S. The predicted molar refractivity (Wildman–Crippen MR) is 85.6 cm³/mol. The molecule has 1 aliphatic carbocycles. The Morgan fingerprint density at radius 1 is 1.25 bits per heavy atom. The van der Waals surface area contributed by atoms with Crippen molar-refractivity contribution >= 4 is 37.6 Å². The third kappa shape index (κ3) is 3.97. The number of rotatable bonds is 5. The highest BCUT2D eigenvalue weighted by Gasteiger charge is 2.32. The van der Waals surface area contributed by atoms with Gasteiger partial charge >= 0.3 is 0 Å². The molecule has 0 aromatic heterocycles. The number of halogens is 2. The largest absolute Gasteiger partial charge is 0.240 e. The van der Waals surface area contributed by atoms with E-state index in [2.05, 4.69) is 20.7 Å². The maximum atomic E-state index is 12.3. The van der Waals surface area contributed by atoms with Gasteiger partial charge in [0, 0.05) is 16.9 Å². The molecule has 1 aromatic rings. The van der Waals surface area contributed by atoms with Crippen molar-refractivity contribution < 1.29 is 8.42 Å². The fourth-order valence-electron chi connectivity index (χ4n) is 2.63. The lowest BCUT2D eigenvalue weighted by Crippen LogP contribution is -2.40. The lowest BCUT2D eigenvalue weighted by atomic mass is 9.76. The molecule has 112 valence electrons. The second-order valence-electron chi connectivity index (χ2n) is 5.48. The van der Waals surface area contributed by atoms with E-state index < -0.39 is 10.0 Å². The van der Waals surface area contributed by atoms with Gasteiger partial charge in [-0.15, -0.1) is 11.6 Å². The molecule has 1 aliphatic rings. The first-order valence-electron chi connectivity index (χ1n) is 6.79. The van der Waals surface area contributed by atoms with E-state index in [1.165, 1.54) is 6.42 Å². The van der Waals surface area contributed by atoms with Gasteiger partial charge in [-0.3, -0.25) is 0 Å². The monoisotopic (exact) mass is 379 g/mol. The van der Waals surface area contributed by atoms with E-state index in [9.17, 15) is 8.42 Å². The Kier molecular flexibility index (Phi) is 5.51. The van der Waals surface area contributed by atoms with Crippen LogP contribution in [0.1, 0.15) is 32.1 Å². The van der Waals surface area contributed by atoms with Crippen molar-refractivity contribution in [2.75, 3.05) is 12.4 Å². The number of benzene rings is 1. The van der Waals surface area contributed by atoms with E-state index in [-0.39, 0.29) is 10.3 Å². The molecule has 1 aromatic carbocycles. The standard InChI is InChI=1S/C14H19BrClNO2S/c15-12-5-4-6-13(9-12)20(18,19)17-11-14(10-16)7-2-1-3-8-14/h4-6,9,17H,1-3,7-8,10-11H2. The van der Waals surface area contributed by atoms with Crippen molar-refractivity contribution in [3.8, 4) is 0 Å². The molecule has 0 radical (unpaired) electrons. The molecule has 0 aliphatic heterocycles. The van der Waals surface area contributed by atoms with Crippen LogP contribution in [0.25, 0.3) is 0 Å². The molecule has 2 rings (SSSR count). The molecule has 0 spiro atoms. The van der Waals surface area contributed by atoms with Crippen LogP contribution in [0.2, 0.25) is 0 Å². The zero-order valence-corrected chi connectivity index (χ0v) is 14.4. The van der Waals surface area contributed by atoms with Gasteiger partial charge in [-0.05, 0) is 36.5 Å². The third-order valence-electron chi connectivity index (χ3n) is 3.94. The second kappa shape index (κ2) is 6.77. The number of hydrogen-bond acceptors (Lipinski definition) is 2. The van der Waals surface area contributed by atoms with Crippen LogP contribution < -0.4 is 4.72 Å². The first-order chi connectivity index (χ1) is 9.47. The van der Waals surface area contributed by atoms with E-state index in [0.717, 1.165) is 30.2 Å². The summed E-state index contributed by atoms with van der Waals surface area (Å²) in [6.07, 6.45) is 5.47. The molecule has 3 nitrogen and oxygen atoms in total. The highest BCUT2D eigenvalue weighted by atomic mass is 79.9. The maximum absolute atomic E-state index is 12.3. The van der Waals surface area contributed by atoms with Crippen molar-refractivity contribution in [2.45, 2.75) is 37.0 Å². The molecule has 20 heavy (non-hydrogen) atoms. The minimum Gasteiger partial charge on any atom is -0.211 e. The second-order valence-corrected chi connectivity index (χ2v) is 8.43. The van der Waals surface area contributed by atoms with Crippen molar-refractivity contribution in [1.82, 2.24) is 4.72 Å². The van der Waals surface area contributed by atoms with Crippen molar-refractivity contribution in [1.29, 1.82) is 0 Å². The Bertz CT molecular complexity index is 556. The lowest BCUT2D eigenvalue weighted by molar-refractivity contribution is 0.223. The zero-order chi connectivity index (χ0) is 14.6. The number of hydrogen-bond donors (Lipinski definition) is 1. The van der Waals surface area contributed by atoms with Gasteiger partial charge in [-0.25, -0.2) is 13.1 Å². The van der Waals surface area contributed by atoms with E-state index in [4.69, 9.17) is 11.6 Å². The van der Waals surface area contributed by atoms with Crippen molar-refractivity contribution in [2.24, 2.45) is 5.41 Å². The average molecular weight is 381 g/mol. The number of sulfonamides is 1. The van der Waals surface area contributed by atoms with Crippen LogP contribution in [-0.4, -0.2) is 20.8 Å². The SMILES string of the molecule is O=S(=O)(NCC1(CCl)CCCCC1)c1cccc(Br)c1. The topological polar surface area (TPSA) is 46.2 Å². The van der Waals surface area contributed by atoms with Crippen LogP contribution in [0.15, 0.2) is 33.6 Å². The summed E-state index contributed by atoms with van der Waals surface area (Å²) < 4.78 is 28.1. The van der Waals surface area contributed by atoms with Crippen molar-refractivity contribution in [3.63, 3.8) is 0 Å². The summed E-state index contributed by atoms with van der Waals surface area (Å²) >= 11 is 9.39. The summed E-state index contributed by atoms with van der Waals surface area (Å²) in [4.78, 5) is 0.285. The fraction of sp³-hybridized carbons (Fsp3) is 0.571. The summed E-state index contributed by atoms with van der Waals surface area (Å²) in [5.74, 6) is 0.508. The lowest BCUT2D eigenvalue weighted by Gasteiger charge is -2.35. The normalized spacial score (nSPS) is 18.9. The Morgan fingerprint density at radius 2 is 1.95 bits per heavy atom. The summed E-state index contributed by atoms with van der Waals surface area (Å²) in [6, 6.07) is 6.73. The third-order valence-corrected chi connectivity index (χ3v) is 6.40. The van der Waals surface area contributed by atoms with Gasteiger partial charge in [0.25, 0.3) is 0 Å². The van der Waals surface area contributed by atoms with Gasteiger partial charge in [0.2, 0.25) is 10.0 Å². The van der Waals surface area contributed by atoms with Gasteiger partial charge in [0.15, 0.2) is 0 Å². The van der Waals surface area contributed by atoms with E-state index >= 15 is 0 Å². The van der Waals surface area contributed by atoms with Crippen LogP contribution in [0.4, 0.5) is 0 Å². The molecule has 0 bridgehead atoms. The first kappa shape index (κ1) is 16.3. The van der Waals surface area contributed by atoms with Gasteiger partial charge in [0.1, 0.15) is 0 Å². The Morgan fingerprint density at radius 3 is 2.55 bits per heavy atom. The summed E-state index contributed by atoms with van der Waals surface area (Å²) in [6.45, 7) is 0.422. The van der Waals surface area contributed by atoms with Gasteiger partial charge in [0.05, 0.1) is 4.90 Å². The van der Waals surface area contributed by atoms with Gasteiger partial charge < -0.3 is 0 Å². The fourth-order valence-corrected chi connectivity index (χ4v) is 4.74. The Hall–Kier alpha value is -0.100. The molecule has 0 atom stereocenters. The zero-order valence-electron chi connectivity index (χ0n) is 11.2. The molecule has 0 unspecified atom stereocenters. The highest BCUT2D eigenvalue weighted by Crippen LogP contribution is 2.37. The minimum atomic E-state index is -3.47. The average Bonchev–Trinajstić information content (AvgIpc) is 2.46. The number of nitrogens with one attached hydrogen (secondary N) is 1. The van der Waals surface area contributed by atoms with E-state index in [1.807, 2.05) is 0 Å². The molecule has 1 N–H and O–H groups in total. The van der Waals surface area contributed by atoms with Crippen molar-refractivity contribution in [3.05, 3.63) is 28.7 Å². The molecular weight excluding hydrogens is 362 g/mol. The highest BCUT2D eigenvalue weighted by molar-refractivity contribution is 9.10. The molecule has 1 fully saturated rings. The van der Waals surface area contributed by atoms with Crippen LogP contribution >= 0.6 is 27.5 Å². The van der Waals surface area contributed by atoms with Crippen LogP contribution in [0.5, 0.6) is 0 Å². The Balaban J connectivity index is 2.08. The predicted octanol–water partition coefficient (Wildman–Crippen LogP) is 3.92. The summed E-state index contributed by atoms with van der Waals surface area (Å²) in [5, 5.41) is 0. The summed E-state index contributed by atoms with van der Waals surface area (Å²) in [7, 11) is -3.47. The maximum Gasteiger partial charge on any atom is 0.240 e. The molecule has 1 saturated carbocycles. The van der Waals surface area contributed by atoms with E-state index in [0.29, 0.717) is 12.4 Å². The van der Waals surface area contributed by atoms with Crippen LogP contribution in [-0.2, 0) is 10.0 Å². The Labute approximate surface area is 134 Å². The summed E-state index contributed by atoms with van der Waals surface area (Å²) in [5.41, 5.74) is -0.0844. The molecule has 0 saturated heterocycles. The van der Waals surface area contributed by atoms with Crippen LogP contribution in [0, 0.1) is 5.41 Å². The molecule has 0 amide bonds. The first-order valence-corrected chi connectivity index (χ1v) is 9.60. The molecule has 6 heteroatoms. The smallest absolute Gasteiger partial charge is 0.211 e. The minimum absolute atomic E-state index is 0.0844. The molecule has 0 heterocycles. The van der Waals surface area contributed by atoms with Crippen LogP contribution in [0.3, 0.4) is 0 Å². The van der Waals surface area contributed by atoms with E-state index in [1.54, 1.807) is 24.3 Å². The van der Waals surface area contributed by atoms with Gasteiger partial charge in [-0.2, -0.15) is 0 Å². The quantitative estimate of drug-likeness (QED) is 0.787.